The van der Waals surface area contributed by atoms with Crippen molar-refractivity contribution in [2.45, 2.75) is 33.6 Å². The first-order valence-electron chi connectivity index (χ1n) is 5.81. The maximum absolute atomic E-state index is 11.0. The zero-order valence-electron chi connectivity index (χ0n) is 11.2. The lowest BCUT2D eigenvalue weighted by molar-refractivity contribution is -0.146. The van der Waals surface area contributed by atoms with Crippen molar-refractivity contribution < 1.29 is 14.3 Å². The molecule has 4 heteroatoms. The fraction of sp³-hybridized carbons (Fsp3) is 0.833. The zero-order chi connectivity index (χ0) is 13.0. The molecule has 96 valence electrons. The Morgan fingerprint density at radius 3 is 2.00 bits per heavy atom. The number of likely N-dealkylation sites (tertiary alicyclic amines) is 1. The van der Waals surface area contributed by atoms with Gasteiger partial charge in [0.25, 0.3) is 0 Å². The van der Waals surface area contributed by atoms with Crippen molar-refractivity contribution in [2.75, 3.05) is 27.2 Å². The van der Waals surface area contributed by atoms with Crippen molar-refractivity contribution in [3.05, 3.63) is 0 Å². The molecule has 0 aromatic heterocycles. The summed E-state index contributed by atoms with van der Waals surface area (Å²) in [5.74, 6) is 0.106. The van der Waals surface area contributed by atoms with Crippen LogP contribution in [0, 0.1) is 5.92 Å². The first-order valence-corrected chi connectivity index (χ1v) is 5.81. The van der Waals surface area contributed by atoms with Gasteiger partial charge in [0, 0.05) is 0 Å². The van der Waals surface area contributed by atoms with Gasteiger partial charge in [-0.05, 0) is 39.9 Å². The van der Waals surface area contributed by atoms with Gasteiger partial charge in [-0.1, -0.05) is 13.8 Å². The molecule has 0 unspecified atom stereocenters. The number of nitrogens with zero attached hydrogens (tertiary/aromatic N) is 1. The lowest BCUT2D eigenvalue weighted by atomic mass is 9.98. The van der Waals surface area contributed by atoms with Gasteiger partial charge in [0.2, 0.25) is 0 Å². The molecule has 0 bridgehead atoms. The highest BCUT2D eigenvalue weighted by Crippen LogP contribution is 2.16. The van der Waals surface area contributed by atoms with Crippen molar-refractivity contribution in [3.8, 4) is 0 Å². The molecule has 4 nitrogen and oxygen atoms in total. The molecule has 1 fully saturated rings. The lowest BCUT2D eigenvalue weighted by Gasteiger charge is -2.26. The van der Waals surface area contributed by atoms with Gasteiger partial charge >= 0.3 is 5.97 Å². The Morgan fingerprint density at radius 2 is 1.69 bits per heavy atom. The van der Waals surface area contributed by atoms with E-state index in [-0.39, 0.29) is 11.9 Å². The summed E-state index contributed by atoms with van der Waals surface area (Å²) in [4.78, 5) is 22.1. The second-order valence-corrected chi connectivity index (χ2v) is 3.34. The summed E-state index contributed by atoms with van der Waals surface area (Å²) in [5.41, 5.74) is 0. The molecule has 16 heavy (non-hydrogen) atoms. The van der Waals surface area contributed by atoms with E-state index in [4.69, 9.17) is 4.79 Å². The van der Waals surface area contributed by atoms with E-state index in [0.29, 0.717) is 0 Å². The molecular formula is C12H25NO3. The van der Waals surface area contributed by atoms with E-state index in [1.54, 1.807) is 0 Å². The van der Waals surface area contributed by atoms with Crippen molar-refractivity contribution in [1.29, 1.82) is 0 Å². The van der Waals surface area contributed by atoms with Crippen LogP contribution >= 0.6 is 0 Å². The first kappa shape index (κ1) is 17.5. The monoisotopic (exact) mass is 231 g/mol. The van der Waals surface area contributed by atoms with Crippen LogP contribution in [0.5, 0.6) is 0 Å². The van der Waals surface area contributed by atoms with E-state index >= 15 is 0 Å². The maximum Gasteiger partial charge on any atom is 0.308 e. The Kier molecular flexibility index (Phi) is 13.3. The SMILES string of the molecule is CC.CC=O.COC(=O)C1CCN(C)CC1. The standard InChI is InChI=1S/C8H15NO2.C2H4O.C2H6/c1-9-5-3-7(4-6-9)8(10)11-2;1-2-3;1-2/h7H,3-6H2,1-2H3;2H,1H3;1-2H3. The third-order valence-corrected chi connectivity index (χ3v) is 2.25. The minimum atomic E-state index is -0.0434. The van der Waals surface area contributed by atoms with E-state index in [1.165, 1.54) is 14.0 Å². The fourth-order valence-electron chi connectivity index (χ4n) is 1.41. The highest BCUT2D eigenvalue weighted by molar-refractivity contribution is 5.72. The molecule has 1 rings (SSSR count). The van der Waals surface area contributed by atoms with E-state index in [9.17, 15) is 4.79 Å². The number of ether oxygens (including phenoxy) is 1. The van der Waals surface area contributed by atoms with Crippen LogP contribution in [0.3, 0.4) is 0 Å². The Bertz CT molecular complexity index is 175. The number of rotatable bonds is 1. The first-order chi connectivity index (χ1) is 7.65. The normalized spacial score (nSPS) is 16.1. The van der Waals surface area contributed by atoms with Crippen LogP contribution in [-0.2, 0) is 14.3 Å². The predicted molar refractivity (Wildman–Crippen MR) is 65.3 cm³/mol. The predicted octanol–water partition coefficient (Wildman–Crippen LogP) is 1.73. The van der Waals surface area contributed by atoms with Gasteiger partial charge in [-0.2, -0.15) is 0 Å². The Balaban J connectivity index is 0. The molecule has 0 saturated carbocycles. The van der Waals surface area contributed by atoms with Gasteiger partial charge in [-0.25, -0.2) is 0 Å². The average Bonchev–Trinajstić information content (AvgIpc) is 2.33. The molecule has 0 radical (unpaired) electrons. The van der Waals surface area contributed by atoms with E-state index in [0.717, 1.165) is 32.2 Å². The van der Waals surface area contributed by atoms with Crippen molar-refractivity contribution >= 4 is 12.3 Å². The number of carbonyl (C=O) groups is 2. The summed E-state index contributed by atoms with van der Waals surface area (Å²) >= 11 is 0. The summed E-state index contributed by atoms with van der Waals surface area (Å²) in [7, 11) is 3.54. The quantitative estimate of drug-likeness (QED) is 0.509. The van der Waals surface area contributed by atoms with Gasteiger partial charge in [-0.3, -0.25) is 4.79 Å². The minimum Gasteiger partial charge on any atom is -0.469 e. The van der Waals surface area contributed by atoms with Gasteiger partial charge in [0.05, 0.1) is 13.0 Å². The van der Waals surface area contributed by atoms with Crippen molar-refractivity contribution in [2.24, 2.45) is 5.92 Å². The Labute approximate surface area is 99.0 Å². The van der Waals surface area contributed by atoms with Crippen molar-refractivity contribution in [3.63, 3.8) is 0 Å². The molecular weight excluding hydrogens is 206 g/mol. The molecule has 0 atom stereocenters. The molecule has 1 heterocycles. The highest BCUT2D eigenvalue weighted by atomic mass is 16.5. The molecule has 1 saturated heterocycles. The van der Waals surface area contributed by atoms with Gasteiger partial charge < -0.3 is 14.4 Å². The number of hydrogen-bond donors (Lipinski definition) is 0. The summed E-state index contributed by atoms with van der Waals surface area (Å²) in [5, 5.41) is 0. The number of piperidine rings is 1. The summed E-state index contributed by atoms with van der Waals surface area (Å²) in [6, 6.07) is 0. The molecule has 0 aliphatic carbocycles. The number of hydrogen-bond acceptors (Lipinski definition) is 4. The minimum absolute atomic E-state index is 0.0434. The van der Waals surface area contributed by atoms with Crippen molar-refractivity contribution in [1.82, 2.24) is 4.90 Å². The molecule has 0 amide bonds. The Morgan fingerprint density at radius 1 is 1.31 bits per heavy atom. The molecule has 0 spiro atoms. The van der Waals surface area contributed by atoms with Crippen LogP contribution in [-0.4, -0.2) is 44.4 Å². The van der Waals surface area contributed by atoms with Gasteiger partial charge in [0.1, 0.15) is 6.29 Å². The molecule has 0 aromatic rings. The second kappa shape index (κ2) is 12.2. The molecule has 1 aliphatic heterocycles. The average molecular weight is 231 g/mol. The summed E-state index contributed by atoms with van der Waals surface area (Å²) in [6.45, 7) is 7.47. The van der Waals surface area contributed by atoms with Crippen LogP contribution in [0.25, 0.3) is 0 Å². The summed E-state index contributed by atoms with van der Waals surface area (Å²) in [6.07, 6.45) is 2.65. The molecule has 0 aromatic carbocycles. The third kappa shape index (κ3) is 8.41. The zero-order valence-corrected chi connectivity index (χ0v) is 11.2. The largest absolute Gasteiger partial charge is 0.469 e. The number of esters is 1. The van der Waals surface area contributed by atoms with E-state index in [2.05, 4.69) is 16.7 Å². The topological polar surface area (TPSA) is 46.6 Å². The van der Waals surface area contributed by atoms with E-state index < -0.39 is 0 Å². The van der Waals surface area contributed by atoms with E-state index in [1.807, 2.05) is 13.8 Å². The lowest BCUT2D eigenvalue weighted by Crippen LogP contribution is -2.33. The number of aldehydes is 1. The van der Waals surface area contributed by atoms with Gasteiger partial charge in [0.15, 0.2) is 0 Å². The maximum atomic E-state index is 11.0. The number of carbonyl (C=O) groups excluding carboxylic acids is 2. The van der Waals surface area contributed by atoms with Crippen LogP contribution < -0.4 is 0 Å². The smallest absolute Gasteiger partial charge is 0.308 e. The van der Waals surface area contributed by atoms with Crippen LogP contribution in [0.15, 0.2) is 0 Å². The molecule has 0 N–H and O–H groups in total. The van der Waals surface area contributed by atoms with Crippen LogP contribution in [0.4, 0.5) is 0 Å². The third-order valence-electron chi connectivity index (χ3n) is 2.25. The Hall–Kier alpha value is -0.900. The molecule has 1 aliphatic rings. The highest BCUT2D eigenvalue weighted by Gasteiger charge is 2.23. The van der Waals surface area contributed by atoms with Crippen LogP contribution in [0.2, 0.25) is 0 Å². The second-order valence-electron chi connectivity index (χ2n) is 3.34. The summed E-state index contributed by atoms with van der Waals surface area (Å²) < 4.78 is 4.67. The number of methoxy groups -OCH3 is 1. The van der Waals surface area contributed by atoms with Crippen LogP contribution in [0.1, 0.15) is 33.6 Å². The fourth-order valence-corrected chi connectivity index (χ4v) is 1.41. The van der Waals surface area contributed by atoms with Gasteiger partial charge in [-0.15, -0.1) is 0 Å².